The number of rotatable bonds is 3. The van der Waals surface area contributed by atoms with Crippen molar-refractivity contribution in [2.24, 2.45) is 0 Å². The lowest BCUT2D eigenvalue weighted by molar-refractivity contribution is -0.156. The highest BCUT2D eigenvalue weighted by molar-refractivity contribution is 5.96. The molecule has 0 saturated carbocycles. The van der Waals surface area contributed by atoms with Crippen LogP contribution in [0.3, 0.4) is 0 Å². The average Bonchev–Trinajstić information content (AvgIpc) is 3.05. The smallest absolute Gasteiger partial charge is 0.272 e. The van der Waals surface area contributed by atoms with Crippen molar-refractivity contribution in [3.63, 3.8) is 0 Å². The average molecular weight is 446 g/mol. The van der Waals surface area contributed by atoms with Crippen molar-refractivity contribution in [2.75, 3.05) is 26.2 Å². The number of fused-ring (bicyclic) bond motifs is 2. The third kappa shape index (κ3) is 4.16. The van der Waals surface area contributed by atoms with Crippen LogP contribution in [0.5, 0.6) is 0 Å². The number of hydrogen-bond donors (Lipinski definition) is 0. The van der Waals surface area contributed by atoms with Gasteiger partial charge in [-0.05, 0) is 36.2 Å². The highest BCUT2D eigenvalue weighted by Crippen LogP contribution is 2.22. The van der Waals surface area contributed by atoms with Gasteiger partial charge in [-0.25, -0.2) is 9.37 Å². The summed E-state index contributed by atoms with van der Waals surface area (Å²) in [6, 6.07) is 16.6. The molecule has 7 nitrogen and oxygen atoms in total. The Bertz CT molecular complexity index is 1250. The van der Waals surface area contributed by atoms with Gasteiger partial charge in [0, 0.05) is 31.6 Å². The normalized spacial score (nSPS) is 18.9. The summed E-state index contributed by atoms with van der Waals surface area (Å²) in [5, 5.41) is 0.955. The minimum Gasteiger partial charge on any atom is -0.335 e. The molecule has 0 N–H and O–H groups in total. The Morgan fingerprint density at radius 2 is 1.85 bits per heavy atom. The number of para-hydroxylation sites is 1. The number of benzene rings is 2. The predicted octanol–water partition coefficient (Wildman–Crippen LogP) is 2.46. The minimum atomic E-state index is -0.623. The number of hydrogen-bond acceptors (Lipinski definition) is 4. The Hall–Kier alpha value is -3.81. The van der Waals surface area contributed by atoms with Crippen molar-refractivity contribution in [2.45, 2.75) is 19.0 Å². The maximum atomic E-state index is 13.5. The zero-order chi connectivity index (χ0) is 22.9. The van der Waals surface area contributed by atoms with Crippen LogP contribution in [0.4, 0.5) is 4.39 Å². The van der Waals surface area contributed by atoms with Gasteiger partial charge in [0.2, 0.25) is 11.8 Å². The number of aromatic nitrogens is 1. The van der Waals surface area contributed by atoms with Gasteiger partial charge in [0.1, 0.15) is 24.1 Å². The summed E-state index contributed by atoms with van der Waals surface area (Å²) in [7, 11) is 0. The van der Waals surface area contributed by atoms with Gasteiger partial charge in [0.15, 0.2) is 0 Å². The lowest BCUT2D eigenvalue weighted by Crippen LogP contribution is -2.59. The third-order valence-electron chi connectivity index (χ3n) is 6.27. The Balaban J connectivity index is 1.31. The third-order valence-corrected chi connectivity index (χ3v) is 6.27. The molecule has 0 spiro atoms. The zero-order valence-corrected chi connectivity index (χ0v) is 18.0. The van der Waals surface area contributed by atoms with E-state index in [0.29, 0.717) is 37.3 Å². The van der Waals surface area contributed by atoms with Crippen LogP contribution in [-0.4, -0.2) is 69.6 Å². The van der Waals surface area contributed by atoms with Gasteiger partial charge in [-0.3, -0.25) is 14.4 Å². The molecule has 1 atom stereocenters. The molecule has 2 aromatic carbocycles. The lowest BCUT2D eigenvalue weighted by Gasteiger charge is -2.39. The lowest BCUT2D eigenvalue weighted by atomic mass is 10.1. The van der Waals surface area contributed by atoms with E-state index in [2.05, 4.69) is 4.98 Å². The van der Waals surface area contributed by atoms with Crippen LogP contribution in [0.2, 0.25) is 0 Å². The summed E-state index contributed by atoms with van der Waals surface area (Å²) in [5.74, 6) is -0.918. The number of amides is 3. The quantitative estimate of drug-likeness (QED) is 0.620. The molecule has 8 heteroatoms. The number of piperazine rings is 1. The fourth-order valence-corrected chi connectivity index (χ4v) is 4.57. The summed E-state index contributed by atoms with van der Waals surface area (Å²) < 4.78 is 13.5. The van der Waals surface area contributed by atoms with E-state index < -0.39 is 6.04 Å². The van der Waals surface area contributed by atoms with Gasteiger partial charge >= 0.3 is 0 Å². The van der Waals surface area contributed by atoms with Crippen molar-refractivity contribution < 1.29 is 18.8 Å². The van der Waals surface area contributed by atoms with E-state index in [9.17, 15) is 18.8 Å². The van der Waals surface area contributed by atoms with Gasteiger partial charge in [-0.1, -0.05) is 36.4 Å². The molecule has 0 bridgehead atoms. The Kier molecular flexibility index (Phi) is 5.50. The summed E-state index contributed by atoms with van der Waals surface area (Å²) >= 11 is 0. The first-order valence-corrected chi connectivity index (χ1v) is 11.0. The Morgan fingerprint density at radius 1 is 1.00 bits per heavy atom. The SMILES string of the molecule is O=C(c1ccc2ccccc2n1)N1CCC2C(=O)N(Cc3cccc(F)c3)CC(=O)N2CC1. The van der Waals surface area contributed by atoms with Gasteiger partial charge in [-0.15, -0.1) is 0 Å². The first kappa shape index (κ1) is 21.1. The number of halogens is 1. The van der Waals surface area contributed by atoms with E-state index in [0.717, 1.165) is 10.9 Å². The van der Waals surface area contributed by atoms with Crippen molar-refractivity contribution in [3.8, 4) is 0 Å². The highest BCUT2D eigenvalue weighted by atomic mass is 19.1. The van der Waals surface area contributed by atoms with Crippen LogP contribution in [0.15, 0.2) is 60.7 Å². The van der Waals surface area contributed by atoms with Crippen LogP contribution in [0.25, 0.3) is 10.9 Å². The molecular weight excluding hydrogens is 423 g/mol. The predicted molar refractivity (Wildman–Crippen MR) is 120 cm³/mol. The maximum absolute atomic E-state index is 13.5. The van der Waals surface area contributed by atoms with Gasteiger partial charge in [0.05, 0.1) is 5.52 Å². The molecule has 2 fully saturated rings. The monoisotopic (exact) mass is 446 g/mol. The molecule has 2 aliphatic heterocycles. The summed E-state index contributed by atoms with van der Waals surface area (Å²) in [4.78, 5) is 48.3. The second-order valence-corrected chi connectivity index (χ2v) is 8.40. The summed E-state index contributed by atoms with van der Waals surface area (Å²) in [6.07, 6.45) is 0.351. The molecule has 1 aromatic heterocycles. The van der Waals surface area contributed by atoms with Gasteiger partial charge < -0.3 is 14.7 Å². The molecular formula is C25H23FN4O3. The number of carbonyl (C=O) groups excluding carboxylic acids is 3. The summed E-state index contributed by atoms with van der Waals surface area (Å²) in [5.41, 5.74) is 1.73. The second-order valence-electron chi connectivity index (χ2n) is 8.40. The topological polar surface area (TPSA) is 73.8 Å². The number of pyridine rings is 1. The molecule has 3 heterocycles. The van der Waals surface area contributed by atoms with Crippen molar-refractivity contribution in [1.82, 2.24) is 19.7 Å². The molecule has 0 radical (unpaired) electrons. The fraction of sp³-hybridized carbons (Fsp3) is 0.280. The van der Waals surface area contributed by atoms with E-state index in [1.165, 1.54) is 17.0 Å². The largest absolute Gasteiger partial charge is 0.335 e. The van der Waals surface area contributed by atoms with Gasteiger partial charge in [-0.2, -0.15) is 0 Å². The first-order chi connectivity index (χ1) is 16.0. The zero-order valence-electron chi connectivity index (χ0n) is 18.0. The van der Waals surface area contributed by atoms with Crippen LogP contribution < -0.4 is 0 Å². The van der Waals surface area contributed by atoms with E-state index in [-0.39, 0.29) is 36.6 Å². The highest BCUT2D eigenvalue weighted by Gasteiger charge is 2.41. The van der Waals surface area contributed by atoms with Crippen molar-refractivity contribution in [3.05, 3.63) is 77.7 Å². The van der Waals surface area contributed by atoms with E-state index in [4.69, 9.17) is 0 Å². The molecule has 33 heavy (non-hydrogen) atoms. The number of nitrogens with zero attached hydrogens (tertiary/aromatic N) is 4. The molecule has 3 amide bonds. The first-order valence-electron chi connectivity index (χ1n) is 11.0. The van der Waals surface area contributed by atoms with Crippen LogP contribution in [0.1, 0.15) is 22.5 Å². The molecule has 168 valence electrons. The molecule has 2 saturated heterocycles. The van der Waals surface area contributed by atoms with Crippen LogP contribution >= 0.6 is 0 Å². The number of carbonyl (C=O) groups is 3. The molecule has 0 aliphatic carbocycles. The second kappa shape index (κ2) is 8.61. The van der Waals surface area contributed by atoms with Crippen molar-refractivity contribution in [1.29, 1.82) is 0 Å². The summed E-state index contributed by atoms with van der Waals surface area (Å²) in [6.45, 7) is 1.11. The maximum Gasteiger partial charge on any atom is 0.272 e. The van der Waals surface area contributed by atoms with Crippen LogP contribution in [0, 0.1) is 5.82 Å². The standard InChI is InChI=1S/C25H23FN4O3/c26-19-6-3-4-17(14-19)15-29-16-23(31)30-13-12-28(11-10-22(30)25(29)33)24(32)21-9-8-18-5-1-2-7-20(18)27-21/h1-9,14,22H,10-13,15-16H2. The molecule has 2 aliphatic rings. The molecule has 3 aromatic rings. The van der Waals surface area contributed by atoms with Gasteiger partial charge in [0.25, 0.3) is 5.91 Å². The van der Waals surface area contributed by atoms with E-state index in [1.807, 2.05) is 30.3 Å². The fourth-order valence-electron chi connectivity index (χ4n) is 4.57. The van der Waals surface area contributed by atoms with Crippen molar-refractivity contribution >= 4 is 28.6 Å². The van der Waals surface area contributed by atoms with E-state index in [1.54, 1.807) is 28.0 Å². The minimum absolute atomic E-state index is 0.0496. The Morgan fingerprint density at radius 3 is 2.70 bits per heavy atom. The molecule has 1 unspecified atom stereocenters. The van der Waals surface area contributed by atoms with Crippen LogP contribution in [-0.2, 0) is 16.1 Å². The Labute approximate surface area is 190 Å². The van der Waals surface area contributed by atoms with E-state index >= 15 is 0 Å². The molecule has 5 rings (SSSR count).